The summed E-state index contributed by atoms with van der Waals surface area (Å²) < 4.78 is 10.6. The summed E-state index contributed by atoms with van der Waals surface area (Å²) in [5.74, 6) is 1.39. The highest BCUT2D eigenvalue weighted by molar-refractivity contribution is 5.92. The number of nitrogens with one attached hydrogen (secondary N) is 1. The Morgan fingerprint density at radius 3 is 2.42 bits per heavy atom. The van der Waals surface area contributed by atoms with Crippen LogP contribution in [0.5, 0.6) is 11.5 Å². The number of hydrogen-bond acceptors (Lipinski definition) is 4. The van der Waals surface area contributed by atoms with E-state index in [0.29, 0.717) is 50.4 Å². The van der Waals surface area contributed by atoms with Gasteiger partial charge in [-0.25, -0.2) is 0 Å². The molecule has 1 N–H and O–H groups in total. The maximum Gasteiger partial charge on any atom is 0.246 e. The van der Waals surface area contributed by atoms with Crippen LogP contribution in [0.25, 0.3) is 6.08 Å². The highest BCUT2D eigenvalue weighted by atomic mass is 16.5. The fourth-order valence-electron chi connectivity index (χ4n) is 3.71. The van der Waals surface area contributed by atoms with E-state index in [9.17, 15) is 9.59 Å². The monoisotopic (exact) mass is 422 g/mol. The van der Waals surface area contributed by atoms with E-state index in [0.717, 1.165) is 11.1 Å². The lowest BCUT2D eigenvalue weighted by Gasteiger charge is -2.30. The van der Waals surface area contributed by atoms with Crippen molar-refractivity contribution in [2.45, 2.75) is 19.3 Å². The number of nitrogens with zero attached hydrogens (tertiary/aromatic N) is 1. The van der Waals surface area contributed by atoms with E-state index in [2.05, 4.69) is 5.32 Å². The van der Waals surface area contributed by atoms with Crippen molar-refractivity contribution in [2.24, 2.45) is 5.92 Å². The van der Waals surface area contributed by atoms with Gasteiger partial charge in [0.15, 0.2) is 11.5 Å². The molecule has 31 heavy (non-hydrogen) atoms. The third-order valence-corrected chi connectivity index (χ3v) is 5.56. The van der Waals surface area contributed by atoms with Gasteiger partial charge >= 0.3 is 0 Å². The Morgan fingerprint density at radius 1 is 1.03 bits per heavy atom. The van der Waals surface area contributed by atoms with Gasteiger partial charge in [0.2, 0.25) is 11.8 Å². The first-order valence-corrected chi connectivity index (χ1v) is 10.6. The first-order valence-electron chi connectivity index (χ1n) is 10.6. The van der Waals surface area contributed by atoms with Crippen LogP contribution < -0.4 is 14.8 Å². The Balaban J connectivity index is 1.41. The van der Waals surface area contributed by atoms with Crippen molar-refractivity contribution in [1.29, 1.82) is 0 Å². The van der Waals surface area contributed by atoms with Gasteiger partial charge in [-0.2, -0.15) is 0 Å². The fraction of sp³-hybridized carbons (Fsp3) is 0.360. The summed E-state index contributed by atoms with van der Waals surface area (Å²) in [5, 5.41) is 3.03. The van der Waals surface area contributed by atoms with Crippen LogP contribution in [0.2, 0.25) is 0 Å². The zero-order chi connectivity index (χ0) is 22.1. The van der Waals surface area contributed by atoms with Crippen LogP contribution in [0.3, 0.4) is 0 Å². The van der Waals surface area contributed by atoms with E-state index >= 15 is 0 Å². The molecule has 164 valence electrons. The summed E-state index contributed by atoms with van der Waals surface area (Å²) in [5.41, 5.74) is 2.07. The highest BCUT2D eigenvalue weighted by Gasteiger charge is 2.26. The van der Waals surface area contributed by atoms with Crippen LogP contribution in [0.1, 0.15) is 24.0 Å². The van der Waals surface area contributed by atoms with Crippen molar-refractivity contribution in [3.05, 3.63) is 65.7 Å². The average Bonchev–Trinajstić information content (AvgIpc) is 2.83. The van der Waals surface area contributed by atoms with Gasteiger partial charge in [0.25, 0.3) is 0 Å². The SMILES string of the molecule is COc1ccc(CCNC(=O)C2CCN(C(=O)C=Cc3ccccc3)CC2)cc1OC. The van der Waals surface area contributed by atoms with Gasteiger partial charge in [-0.05, 0) is 48.6 Å². The molecule has 0 unspecified atom stereocenters. The molecule has 0 spiro atoms. The van der Waals surface area contributed by atoms with Crippen LogP contribution >= 0.6 is 0 Å². The number of ether oxygens (including phenoxy) is 2. The normalized spacial score (nSPS) is 14.5. The maximum absolute atomic E-state index is 12.5. The van der Waals surface area contributed by atoms with Crippen molar-refractivity contribution in [3.8, 4) is 11.5 Å². The second-order valence-electron chi connectivity index (χ2n) is 7.57. The number of hydrogen-bond donors (Lipinski definition) is 1. The first kappa shape index (κ1) is 22.4. The quantitative estimate of drug-likeness (QED) is 0.663. The zero-order valence-electron chi connectivity index (χ0n) is 18.2. The van der Waals surface area contributed by atoms with Crippen LogP contribution in [-0.4, -0.2) is 50.6 Å². The van der Waals surface area contributed by atoms with Gasteiger partial charge in [-0.15, -0.1) is 0 Å². The minimum Gasteiger partial charge on any atom is -0.493 e. The summed E-state index contributed by atoms with van der Waals surface area (Å²) in [6, 6.07) is 15.5. The third-order valence-electron chi connectivity index (χ3n) is 5.56. The smallest absolute Gasteiger partial charge is 0.246 e. The standard InChI is InChI=1S/C25H30N2O4/c1-30-22-10-8-20(18-23(22)31-2)12-15-26-25(29)21-13-16-27(17-14-21)24(28)11-9-19-6-4-3-5-7-19/h3-11,18,21H,12-17H2,1-2H3,(H,26,29). The first-order chi connectivity index (χ1) is 15.1. The molecule has 6 nitrogen and oxygen atoms in total. The summed E-state index contributed by atoms with van der Waals surface area (Å²) in [6.07, 6.45) is 5.53. The van der Waals surface area contributed by atoms with Gasteiger partial charge in [0, 0.05) is 31.6 Å². The van der Waals surface area contributed by atoms with E-state index in [1.54, 1.807) is 20.3 Å². The predicted molar refractivity (Wildman–Crippen MR) is 121 cm³/mol. The second kappa shape index (κ2) is 11.2. The molecule has 3 rings (SSSR count). The molecule has 1 aliphatic rings. The van der Waals surface area contributed by atoms with Crippen LogP contribution in [0, 0.1) is 5.92 Å². The van der Waals surface area contributed by atoms with E-state index in [1.807, 2.05) is 59.5 Å². The van der Waals surface area contributed by atoms with Crippen molar-refractivity contribution in [2.75, 3.05) is 33.9 Å². The number of likely N-dealkylation sites (tertiary alicyclic amines) is 1. The molecule has 1 fully saturated rings. The molecule has 2 aromatic carbocycles. The van der Waals surface area contributed by atoms with Crippen molar-refractivity contribution in [1.82, 2.24) is 10.2 Å². The Morgan fingerprint density at radius 2 is 1.74 bits per heavy atom. The van der Waals surface area contributed by atoms with Crippen molar-refractivity contribution < 1.29 is 19.1 Å². The lowest BCUT2D eigenvalue weighted by Crippen LogP contribution is -2.42. The van der Waals surface area contributed by atoms with Gasteiger partial charge in [-0.1, -0.05) is 36.4 Å². The molecule has 0 saturated carbocycles. The van der Waals surface area contributed by atoms with E-state index in [4.69, 9.17) is 9.47 Å². The number of benzene rings is 2. The maximum atomic E-state index is 12.5. The van der Waals surface area contributed by atoms with Gasteiger partial charge in [-0.3, -0.25) is 9.59 Å². The molecule has 0 atom stereocenters. The summed E-state index contributed by atoms with van der Waals surface area (Å²) in [4.78, 5) is 26.7. The fourth-order valence-corrected chi connectivity index (χ4v) is 3.71. The Hall–Kier alpha value is -3.28. The molecule has 0 bridgehead atoms. The molecule has 1 aliphatic heterocycles. The topological polar surface area (TPSA) is 67.9 Å². The summed E-state index contributed by atoms with van der Waals surface area (Å²) >= 11 is 0. The molecular weight excluding hydrogens is 392 g/mol. The largest absolute Gasteiger partial charge is 0.493 e. The molecule has 6 heteroatoms. The average molecular weight is 423 g/mol. The number of piperidine rings is 1. The van der Waals surface area contributed by atoms with Crippen LogP contribution in [0.15, 0.2) is 54.6 Å². The van der Waals surface area contributed by atoms with E-state index in [-0.39, 0.29) is 17.7 Å². The molecule has 0 aliphatic carbocycles. The molecule has 0 aromatic heterocycles. The molecule has 1 heterocycles. The van der Waals surface area contributed by atoms with Crippen molar-refractivity contribution >= 4 is 17.9 Å². The second-order valence-corrected chi connectivity index (χ2v) is 7.57. The number of carbonyl (C=O) groups excluding carboxylic acids is 2. The highest BCUT2D eigenvalue weighted by Crippen LogP contribution is 2.27. The minimum atomic E-state index is -0.0486. The Labute approximate surface area is 183 Å². The number of methoxy groups -OCH3 is 2. The number of carbonyl (C=O) groups is 2. The lowest BCUT2D eigenvalue weighted by atomic mass is 9.95. The van der Waals surface area contributed by atoms with Gasteiger partial charge in [0.1, 0.15) is 0 Å². The third kappa shape index (κ3) is 6.35. The minimum absolute atomic E-state index is 0.00355. The molecule has 0 radical (unpaired) electrons. The number of amides is 2. The van der Waals surface area contributed by atoms with Crippen molar-refractivity contribution in [3.63, 3.8) is 0 Å². The molecule has 2 aromatic rings. The molecular formula is C25H30N2O4. The summed E-state index contributed by atoms with van der Waals surface area (Å²) in [7, 11) is 3.22. The molecule has 2 amide bonds. The van der Waals surface area contributed by atoms with Gasteiger partial charge in [0.05, 0.1) is 14.2 Å². The summed E-state index contributed by atoms with van der Waals surface area (Å²) in [6.45, 7) is 1.77. The van der Waals surface area contributed by atoms with E-state index < -0.39 is 0 Å². The van der Waals surface area contributed by atoms with Crippen LogP contribution in [0.4, 0.5) is 0 Å². The number of rotatable bonds is 8. The lowest BCUT2D eigenvalue weighted by molar-refractivity contribution is -0.132. The predicted octanol–water partition coefficient (Wildman–Crippen LogP) is 3.31. The van der Waals surface area contributed by atoms with Gasteiger partial charge < -0.3 is 19.7 Å². The van der Waals surface area contributed by atoms with E-state index in [1.165, 1.54) is 0 Å². The Kier molecular flexibility index (Phi) is 8.10. The zero-order valence-corrected chi connectivity index (χ0v) is 18.2. The Bertz CT molecular complexity index is 903. The van der Waals surface area contributed by atoms with Crippen LogP contribution in [-0.2, 0) is 16.0 Å². The molecule has 1 saturated heterocycles.